The highest BCUT2D eigenvalue weighted by atomic mass is 32.2. The minimum Gasteiger partial charge on any atom is -0.543 e. The molecule has 0 unspecified atom stereocenters. The SMILES string of the molecule is C[N+](C)(CC=CC1=C(C(=O)[O-])N2C(=O)[C@@H](NC(=O)CSc3ccc4ccccc4c3)[C@H]2SC1)CC(N)=O. The van der Waals surface area contributed by atoms with Crippen LogP contribution in [0, 0.1) is 0 Å². The molecular weight excluding hydrogens is 512 g/mol. The molecule has 3 N–H and O–H groups in total. The van der Waals surface area contributed by atoms with Gasteiger partial charge in [0.15, 0.2) is 6.54 Å². The summed E-state index contributed by atoms with van der Waals surface area (Å²) in [5.41, 5.74) is 5.54. The highest BCUT2D eigenvalue weighted by Crippen LogP contribution is 2.40. The van der Waals surface area contributed by atoms with E-state index in [9.17, 15) is 24.3 Å². The van der Waals surface area contributed by atoms with E-state index >= 15 is 0 Å². The minimum absolute atomic E-state index is 0.135. The van der Waals surface area contributed by atoms with Gasteiger partial charge in [-0.1, -0.05) is 36.4 Å². The molecule has 2 aliphatic rings. The zero-order chi connectivity index (χ0) is 26.7. The Kier molecular flexibility index (Phi) is 7.96. The number of hydrogen-bond donors (Lipinski definition) is 2. The smallest absolute Gasteiger partial charge is 0.272 e. The summed E-state index contributed by atoms with van der Waals surface area (Å²) in [4.78, 5) is 50.7. The van der Waals surface area contributed by atoms with Crippen LogP contribution in [0.25, 0.3) is 10.8 Å². The number of fused-ring (bicyclic) bond motifs is 2. The van der Waals surface area contributed by atoms with Crippen molar-refractivity contribution in [3.05, 3.63) is 65.9 Å². The van der Waals surface area contributed by atoms with E-state index in [-0.39, 0.29) is 23.9 Å². The number of primary amides is 1. The minimum atomic E-state index is -1.44. The Hall–Kier alpha value is -3.28. The maximum absolute atomic E-state index is 12.9. The van der Waals surface area contributed by atoms with Gasteiger partial charge in [-0.3, -0.25) is 19.3 Å². The number of hydrogen-bond acceptors (Lipinski definition) is 7. The van der Waals surface area contributed by atoms with Gasteiger partial charge in [0, 0.05) is 10.6 Å². The molecule has 194 valence electrons. The van der Waals surface area contributed by atoms with E-state index in [1.165, 1.54) is 28.4 Å². The van der Waals surface area contributed by atoms with Gasteiger partial charge >= 0.3 is 0 Å². The third-order valence-electron chi connectivity index (χ3n) is 6.10. The molecular formula is C26H28N4O5S2. The van der Waals surface area contributed by atoms with Gasteiger partial charge in [0.05, 0.1) is 38.1 Å². The lowest BCUT2D eigenvalue weighted by Gasteiger charge is -2.50. The second-order valence-electron chi connectivity index (χ2n) is 9.56. The van der Waals surface area contributed by atoms with Gasteiger partial charge in [0.1, 0.15) is 11.4 Å². The fraction of sp³-hybridized carbons (Fsp3) is 0.308. The number of thioether (sulfide) groups is 2. The summed E-state index contributed by atoms with van der Waals surface area (Å²) in [6, 6.07) is 13.1. The van der Waals surface area contributed by atoms with Crippen LogP contribution < -0.4 is 16.2 Å². The number of amides is 3. The number of carbonyl (C=O) groups excluding carboxylic acids is 4. The van der Waals surface area contributed by atoms with Crippen LogP contribution in [-0.2, 0) is 19.2 Å². The lowest BCUT2D eigenvalue weighted by atomic mass is 10.0. The maximum Gasteiger partial charge on any atom is 0.272 e. The molecule has 11 heteroatoms. The topological polar surface area (TPSA) is 133 Å². The molecule has 2 atom stereocenters. The van der Waals surface area contributed by atoms with E-state index in [0.29, 0.717) is 22.4 Å². The summed E-state index contributed by atoms with van der Waals surface area (Å²) in [6.45, 7) is 0.584. The number of allylic oxidation sites excluding steroid dienone is 1. The second kappa shape index (κ2) is 11.0. The average molecular weight is 541 g/mol. The van der Waals surface area contributed by atoms with Crippen LogP contribution in [0.2, 0.25) is 0 Å². The molecule has 0 aliphatic carbocycles. The highest BCUT2D eigenvalue weighted by molar-refractivity contribution is 8.00. The normalized spacial score (nSPS) is 19.6. The number of likely N-dealkylation sites (N-methyl/N-ethyl adjacent to an activating group) is 1. The Labute approximate surface area is 223 Å². The van der Waals surface area contributed by atoms with Crippen molar-refractivity contribution in [1.29, 1.82) is 0 Å². The fourth-order valence-electron chi connectivity index (χ4n) is 4.35. The van der Waals surface area contributed by atoms with E-state index in [1.807, 2.05) is 56.6 Å². The number of nitrogens with two attached hydrogens (primary N) is 1. The molecule has 2 aliphatic heterocycles. The van der Waals surface area contributed by atoms with Crippen LogP contribution in [-0.4, -0.2) is 83.2 Å². The molecule has 3 amide bonds. The number of rotatable bonds is 10. The lowest BCUT2D eigenvalue weighted by molar-refractivity contribution is -0.876. The van der Waals surface area contributed by atoms with Crippen molar-refractivity contribution < 1.29 is 28.8 Å². The van der Waals surface area contributed by atoms with Gasteiger partial charge in [-0.2, -0.15) is 0 Å². The van der Waals surface area contributed by atoms with Crippen molar-refractivity contribution in [2.45, 2.75) is 16.3 Å². The summed E-state index contributed by atoms with van der Waals surface area (Å²) in [5.74, 6) is -2.17. The Balaban J connectivity index is 1.37. The van der Waals surface area contributed by atoms with Gasteiger partial charge in [-0.15, -0.1) is 23.5 Å². The van der Waals surface area contributed by atoms with Crippen molar-refractivity contribution in [1.82, 2.24) is 10.2 Å². The third kappa shape index (κ3) is 6.17. The quantitative estimate of drug-likeness (QED) is 0.254. The van der Waals surface area contributed by atoms with Crippen LogP contribution in [0.5, 0.6) is 0 Å². The molecule has 0 radical (unpaired) electrons. The first-order valence-electron chi connectivity index (χ1n) is 11.6. The van der Waals surface area contributed by atoms with Gasteiger partial charge in [0.2, 0.25) is 5.91 Å². The van der Waals surface area contributed by atoms with Crippen LogP contribution in [0.4, 0.5) is 0 Å². The zero-order valence-corrected chi connectivity index (χ0v) is 22.1. The molecule has 2 aromatic carbocycles. The third-order valence-corrected chi connectivity index (χ3v) is 8.40. The van der Waals surface area contributed by atoms with Crippen molar-refractivity contribution in [3.8, 4) is 0 Å². The maximum atomic E-state index is 12.9. The number of carboxylic acids is 1. The fourth-order valence-corrected chi connectivity index (χ4v) is 6.42. The number of quaternary nitrogens is 1. The van der Waals surface area contributed by atoms with E-state index in [0.717, 1.165) is 15.7 Å². The molecule has 0 bridgehead atoms. The Morgan fingerprint density at radius 3 is 2.65 bits per heavy atom. The number of nitrogens with one attached hydrogen (secondary N) is 1. The molecule has 0 aromatic heterocycles. The summed E-state index contributed by atoms with van der Waals surface area (Å²) < 4.78 is 0.309. The van der Waals surface area contributed by atoms with Crippen LogP contribution >= 0.6 is 23.5 Å². The van der Waals surface area contributed by atoms with E-state index in [2.05, 4.69) is 5.32 Å². The molecule has 9 nitrogen and oxygen atoms in total. The first kappa shape index (κ1) is 26.8. The van der Waals surface area contributed by atoms with Gasteiger partial charge < -0.3 is 25.4 Å². The predicted octanol–water partition coefficient (Wildman–Crippen LogP) is 0.454. The van der Waals surface area contributed by atoms with Crippen LogP contribution in [0.3, 0.4) is 0 Å². The molecule has 4 rings (SSSR count). The number of carboxylic acid groups (broad SMARTS) is 1. The van der Waals surface area contributed by atoms with E-state index < -0.39 is 29.2 Å². The summed E-state index contributed by atoms with van der Waals surface area (Å²) in [5, 5.41) is 16.4. The predicted molar refractivity (Wildman–Crippen MR) is 142 cm³/mol. The highest BCUT2D eigenvalue weighted by Gasteiger charge is 2.52. The second-order valence-corrected chi connectivity index (χ2v) is 11.7. The van der Waals surface area contributed by atoms with Gasteiger partial charge in [-0.05, 0) is 34.6 Å². The van der Waals surface area contributed by atoms with Gasteiger partial charge in [-0.25, -0.2) is 0 Å². The van der Waals surface area contributed by atoms with Crippen LogP contribution in [0.1, 0.15) is 0 Å². The van der Waals surface area contributed by atoms with E-state index in [1.54, 1.807) is 12.2 Å². The first-order valence-corrected chi connectivity index (χ1v) is 13.7. The molecule has 37 heavy (non-hydrogen) atoms. The Morgan fingerprint density at radius 1 is 1.22 bits per heavy atom. The molecule has 2 aromatic rings. The van der Waals surface area contributed by atoms with Gasteiger partial charge in [0.25, 0.3) is 11.8 Å². The van der Waals surface area contributed by atoms with Crippen molar-refractivity contribution >= 4 is 58.0 Å². The zero-order valence-electron chi connectivity index (χ0n) is 20.5. The number of carbonyl (C=O) groups is 4. The summed E-state index contributed by atoms with van der Waals surface area (Å²) >= 11 is 2.76. The lowest BCUT2D eigenvalue weighted by Crippen LogP contribution is -2.71. The Bertz CT molecular complexity index is 1320. The molecule has 1 fully saturated rings. The monoisotopic (exact) mass is 540 g/mol. The number of β-lactam (4-membered cyclic amide) rings is 1. The molecule has 0 spiro atoms. The molecule has 1 saturated heterocycles. The summed E-state index contributed by atoms with van der Waals surface area (Å²) in [7, 11) is 3.67. The number of aliphatic carboxylic acids is 1. The average Bonchev–Trinajstić information content (AvgIpc) is 2.84. The largest absolute Gasteiger partial charge is 0.543 e. The standard InChI is InChI=1S/C26H28N4O5S2/c1-30(2,13-20(27)31)11-5-8-18-14-37-25-22(24(33)29(25)23(18)26(34)35)28-21(32)15-36-19-10-9-16-6-3-4-7-17(16)12-19/h3-10,12,22,25H,11,13-15H2,1-2H3,(H3-,27,28,31,32,34,35)/t22-,25-/m1/s1. The number of nitrogens with zero attached hydrogens (tertiary/aromatic N) is 2. The number of benzene rings is 2. The van der Waals surface area contributed by atoms with E-state index in [4.69, 9.17) is 5.73 Å². The first-order chi connectivity index (χ1) is 17.6. The Morgan fingerprint density at radius 2 is 1.95 bits per heavy atom. The molecule has 0 saturated carbocycles. The van der Waals surface area contributed by atoms with Crippen molar-refractivity contribution in [3.63, 3.8) is 0 Å². The van der Waals surface area contributed by atoms with Crippen LogP contribution in [0.15, 0.2) is 70.8 Å². The summed E-state index contributed by atoms with van der Waals surface area (Å²) in [6.07, 6.45) is 3.41. The van der Waals surface area contributed by atoms with Crippen molar-refractivity contribution in [2.75, 3.05) is 38.7 Å². The van der Waals surface area contributed by atoms with Crippen molar-refractivity contribution in [2.24, 2.45) is 5.73 Å². The molecule has 2 heterocycles.